The van der Waals surface area contributed by atoms with E-state index < -0.39 is 0 Å². The van der Waals surface area contributed by atoms with E-state index >= 15 is 0 Å². The van der Waals surface area contributed by atoms with Crippen LogP contribution in [0.4, 0.5) is 5.69 Å². The average Bonchev–Trinajstić information content (AvgIpc) is 2.78. The predicted octanol–water partition coefficient (Wildman–Crippen LogP) is 6.38. The second kappa shape index (κ2) is 8.22. The van der Waals surface area contributed by atoms with Gasteiger partial charge in [0.1, 0.15) is 5.75 Å². The van der Waals surface area contributed by atoms with Crippen LogP contribution in [0.5, 0.6) is 5.75 Å². The van der Waals surface area contributed by atoms with E-state index in [1.54, 1.807) is 17.7 Å². The highest BCUT2D eigenvalue weighted by Crippen LogP contribution is 2.70. The molecule has 2 unspecified atom stereocenters. The molecular formula is C31H36N2O3. The summed E-state index contributed by atoms with van der Waals surface area (Å²) in [4.78, 5) is 26.3. The average molecular weight is 485 g/mol. The zero-order chi connectivity index (χ0) is 25.1. The van der Waals surface area contributed by atoms with Crippen molar-refractivity contribution >= 4 is 22.5 Å². The fourth-order valence-electron chi connectivity index (χ4n) is 8.93. The molecular weight excluding hydrogens is 448 g/mol. The van der Waals surface area contributed by atoms with Gasteiger partial charge in [0, 0.05) is 17.9 Å². The van der Waals surface area contributed by atoms with Crippen LogP contribution in [-0.2, 0) is 11.3 Å². The summed E-state index contributed by atoms with van der Waals surface area (Å²) in [5, 5.41) is 4.13. The first kappa shape index (κ1) is 23.3. The van der Waals surface area contributed by atoms with Crippen LogP contribution >= 0.6 is 0 Å². The van der Waals surface area contributed by atoms with Crippen molar-refractivity contribution in [2.24, 2.45) is 22.2 Å². The Kier molecular flexibility index (Phi) is 5.33. The molecule has 1 N–H and O–H groups in total. The molecule has 4 bridgehead atoms. The maximum Gasteiger partial charge on any atom is 0.251 e. The van der Waals surface area contributed by atoms with E-state index in [1.807, 2.05) is 48.5 Å². The fourth-order valence-corrected chi connectivity index (χ4v) is 8.93. The van der Waals surface area contributed by atoms with Crippen molar-refractivity contribution in [2.45, 2.75) is 65.3 Å². The van der Waals surface area contributed by atoms with E-state index in [1.165, 1.54) is 38.5 Å². The summed E-state index contributed by atoms with van der Waals surface area (Å²) in [6.07, 6.45) is 8.13. The molecule has 1 aromatic heterocycles. The first-order valence-corrected chi connectivity index (χ1v) is 13.2. The molecule has 1 heterocycles. The summed E-state index contributed by atoms with van der Waals surface area (Å²) in [5.41, 5.74) is 3.49. The minimum absolute atomic E-state index is 0.0585. The van der Waals surface area contributed by atoms with Crippen LogP contribution in [0.3, 0.4) is 0 Å². The molecule has 3 aromatic rings. The van der Waals surface area contributed by atoms with E-state index in [0.29, 0.717) is 23.8 Å². The van der Waals surface area contributed by atoms with E-state index in [0.717, 1.165) is 33.8 Å². The number of nitrogens with zero attached hydrogens (tertiary/aromatic N) is 1. The lowest BCUT2D eigenvalue weighted by Gasteiger charge is -2.65. The van der Waals surface area contributed by atoms with Crippen LogP contribution in [0.15, 0.2) is 59.4 Å². The van der Waals surface area contributed by atoms with Gasteiger partial charge in [-0.05, 0) is 96.6 Å². The molecule has 2 atom stereocenters. The van der Waals surface area contributed by atoms with Crippen molar-refractivity contribution in [3.8, 4) is 5.75 Å². The number of pyridine rings is 1. The third-order valence-electron chi connectivity index (χ3n) is 9.08. The van der Waals surface area contributed by atoms with Crippen LogP contribution in [0.25, 0.3) is 10.9 Å². The molecule has 0 aliphatic heterocycles. The van der Waals surface area contributed by atoms with Crippen molar-refractivity contribution in [3.63, 3.8) is 0 Å². The molecule has 4 fully saturated rings. The minimum Gasteiger partial charge on any atom is -0.497 e. The molecule has 0 radical (unpaired) electrons. The number of aromatic nitrogens is 1. The van der Waals surface area contributed by atoms with E-state index in [-0.39, 0.29) is 16.9 Å². The Morgan fingerprint density at radius 2 is 1.69 bits per heavy atom. The van der Waals surface area contributed by atoms with Gasteiger partial charge >= 0.3 is 0 Å². The monoisotopic (exact) mass is 484 g/mol. The predicted molar refractivity (Wildman–Crippen MR) is 143 cm³/mol. The number of carbonyl (C=O) groups excluding carboxylic acids is 1. The number of rotatable bonds is 6. The van der Waals surface area contributed by atoms with Crippen molar-refractivity contribution in [2.75, 3.05) is 12.4 Å². The molecule has 5 heteroatoms. The van der Waals surface area contributed by atoms with E-state index in [9.17, 15) is 9.59 Å². The Morgan fingerprint density at radius 1 is 0.972 bits per heavy atom. The Balaban J connectivity index is 1.26. The molecule has 0 spiro atoms. The van der Waals surface area contributed by atoms with Gasteiger partial charge < -0.3 is 14.6 Å². The first-order valence-electron chi connectivity index (χ1n) is 13.2. The number of ether oxygens (including phenoxy) is 1. The molecule has 4 saturated carbocycles. The zero-order valence-electron chi connectivity index (χ0n) is 21.6. The highest BCUT2D eigenvalue weighted by Gasteiger charge is 2.60. The van der Waals surface area contributed by atoms with Crippen LogP contribution < -0.4 is 15.6 Å². The van der Waals surface area contributed by atoms with Crippen LogP contribution in [0.2, 0.25) is 0 Å². The normalized spacial score (nSPS) is 30.5. The second-order valence-electron chi connectivity index (χ2n) is 12.7. The maximum atomic E-state index is 13.5. The van der Waals surface area contributed by atoms with Crippen molar-refractivity contribution < 1.29 is 9.53 Å². The number of fused-ring (bicyclic) bond motifs is 1. The number of amides is 1. The quantitative estimate of drug-likeness (QED) is 0.441. The van der Waals surface area contributed by atoms with Crippen molar-refractivity contribution in [1.82, 2.24) is 4.57 Å². The third-order valence-corrected chi connectivity index (χ3v) is 9.08. The maximum absolute atomic E-state index is 13.5. The highest BCUT2D eigenvalue weighted by molar-refractivity contribution is 6.01. The number of anilines is 1. The van der Waals surface area contributed by atoms with Crippen LogP contribution in [-0.4, -0.2) is 17.6 Å². The number of nitrogens with one attached hydrogen (secondary N) is 1. The lowest BCUT2D eigenvalue weighted by molar-refractivity contribution is -0.153. The summed E-state index contributed by atoms with van der Waals surface area (Å²) < 4.78 is 7.03. The van der Waals surface area contributed by atoms with Gasteiger partial charge in [-0.1, -0.05) is 32.0 Å². The smallest absolute Gasteiger partial charge is 0.251 e. The van der Waals surface area contributed by atoms with Gasteiger partial charge in [0.15, 0.2) is 0 Å². The largest absolute Gasteiger partial charge is 0.497 e. The Labute approximate surface area is 212 Å². The van der Waals surface area contributed by atoms with Gasteiger partial charge in [0.25, 0.3) is 5.56 Å². The molecule has 4 aliphatic rings. The molecule has 0 saturated heterocycles. The van der Waals surface area contributed by atoms with Crippen molar-refractivity contribution in [3.05, 3.63) is 70.5 Å². The Bertz CT molecular complexity index is 1370. The lowest BCUT2D eigenvalue weighted by Crippen LogP contribution is -2.55. The fraction of sp³-hybridized carbons (Fsp3) is 0.484. The zero-order valence-corrected chi connectivity index (χ0v) is 21.6. The Morgan fingerprint density at radius 3 is 2.36 bits per heavy atom. The first-order chi connectivity index (χ1) is 17.2. The third kappa shape index (κ3) is 4.12. The summed E-state index contributed by atoms with van der Waals surface area (Å²) in [6.45, 7) is 5.36. The van der Waals surface area contributed by atoms with Crippen molar-refractivity contribution in [1.29, 1.82) is 0 Å². The number of hydrogen-bond acceptors (Lipinski definition) is 3. The Hall–Kier alpha value is -3.08. The molecule has 36 heavy (non-hydrogen) atoms. The highest BCUT2D eigenvalue weighted by atomic mass is 16.5. The summed E-state index contributed by atoms with van der Waals surface area (Å²) >= 11 is 0. The molecule has 7 rings (SSSR count). The van der Waals surface area contributed by atoms with Gasteiger partial charge in [0.05, 0.1) is 24.9 Å². The molecule has 5 nitrogen and oxygen atoms in total. The van der Waals surface area contributed by atoms with Crippen LogP contribution in [0.1, 0.15) is 64.4 Å². The number of hydrogen-bond donors (Lipinski definition) is 1. The van der Waals surface area contributed by atoms with Gasteiger partial charge in [0.2, 0.25) is 5.91 Å². The van der Waals surface area contributed by atoms with Gasteiger partial charge in [-0.3, -0.25) is 9.59 Å². The lowest BCUT2D eigenvalue weighted by atomic mass is 9.40. The van der Waals surface area contributed by atoms with Gasteiger partial charge in [-0.25, -0.2) is 0 Å². The molecule has 1 amide bonds. The van der Waals surface area contributed by atoms with Crippen LogP contribution in [0, 0.1) is 22.2 Å². The molecule has 188 valence electrons. The number of carbonyl (C=O) groups is 1. The van der Waals surface area contributed by atoms with E-state index in [2.05, 4.69) is 19.2 Å². The summed E-state index contributed by atoms with van der Waals surface area (Å²) in [5.74, 6) is 1.66. The second-order valence-corrected chi connectivity index (χ2v) is 12.7. The number of methoxy groups -OCH3 is 1. The summed E-state index contributed by atoms with van der Waals surface area (Å²) in [7, 11) is 1.64. The molecule has 2 aromatic carbocycles. The topological polar surface area (TPSA) is 60.3 Å². The SMILES string of the molecule is COc1ccc(Cn2c(=O)ccc3c(NC(=O)CC45CC6CC(C)(CC(C)(C6)C4)C5)cccc32)cc1. The van der Waals surface area contributed by atoms with Gasteiger partial charge in [-0.2, -0.15) is 0 Å². The van der Waals surface area contributed by atoms with Gasteiger partial charge in [-0.15, -0.1) is 0 Å². The van der Waals surface area contributed by atoms with E-state index in [4.69, 9.17) is 4.74 Å². The summed E-state index contributed by atoms with van der Waals surface area (Å²) in [6, 6.07) is 17.0. The standard InChI is InChI=1S/C31H36N2O3/c1-29-13-22-14-30(2,18-29)20-31(15-22,19-29)16-27(34)32-25-5-4-6-26-24(25)11-12-28(35)33(26)17-21-7-9-23(36-3)10-8-21/h4-12,22H,13-20H2,1-3H3,(H,32,34). The molecule has 4 aliphatic carbocycles. The number of benzene rings is 2. The minimum atomic E-state index is -0.0585.